The monoisotopic (exact) mass is 414 g/mol. The van der Waals surface area contributed by atoms with Crippen LogP contribution in [0.25, 0.3) is 0 Å². The van der Waals surface area contributed by atoms with Gasteiger partial charge in [-0.05, 0) is 87.2 Å². The minimum absolute atomic E-state index is 0.235. The Bertz CT molecular complexity index is 736. The van der Waals surface area contributed by atoms with E-state index in [1.807, 2.05) is 13.8 Å². The molecule has 3 N–H and O–H groups in total. The Morgan fingerprint density at radius 3 is 2.73 bits per heavy atom. The zero-order valence-corrected chi connectivity index (χ0v) is 19.5. The molecule has 0 heterocycles. The van der Waals surface area contributed by atoms with Crippen LogP contribution in [0.15, 0.2) is 47.1 Å². The lowest BCUT2D eigenvalue weighted by molar-refractivity contribution is 0.0670. The molecule has 30 heavy (non-hydrogen) atoms. The second-order valence-electron chi connectivity index (χ2n) is 10.9. The SMILES string of the molecule is C=C1/C(=C\C=C2\CCC[C@]3(C)C([C@H](C)CCCC(C)(C)O)=CC[C@@H]23)C[C@@H](O)CC1O. The van der Waals surface area contributed by atoms with E-state index >= 15 is 0 Å². The molecule has 0 spiro atoms. The quantitative estimate of drug-likeness (QED) is 0.494. The molecule has 5 atom stereocenters. The van der Waals surface area contributed by atoms with Crippen molar-refractivity contribution in [2.45, 2.75) is 103 Å². The molecule has 3 aliphatic carbocycles. The van der Waals surface area contributed by atoms with E-state index in [4.69, 9.17) is 0 Å². The minimum Gasteiger partial charge on any atom is -0.393 e. The Kier molecular flexibility index (Phi) is 7.16. The van der Waals surface area contributed by atoms with Crippen LogP contribution in [0.4, 0.5) is 0 Å². The molecule has 3 heteroatoms. The molecule has 0 radical (unpaired) electrons. The summed E-state index contributed by atoms with van der Waals surface area (Å²) in [5.74, 6) is 1.12. The van der Waals surface area contributed by atoms with Crippen LogP contribution >= 0.6 is 0 Å². The topological polar surface area (TPSA) is 60.7 Å². The molecular weight excluding hydrogens is 372 g/mol. The van der Waals surface area contributed by atoms with Crippen LogP contribution in [0.1, 0.15) is 85.5 Å². The van der Waals surface area contributed by atoms with Crippen molar-refractivity contribution < 1.29 is 15.3 Å². The predicted octanol–water partition coefficient (Wildman–Crippen LogP) is 5.62. The first-order chi connectivity index (χ1) is 14.0. The van der Waals surface area contributed by atoms with Crippen molar-refractivity contribution in [3.05, 3.63) is 47.1 Å². The van der Waals surface area contributed by atoms with E-state index in [2.05, 4.69) is 38.7 Å². The number of aliphatic hydroxyl groups excluding tert-OH is 2. The van der Waals surface area contributed by atoms with Gasteiger partial charge in [-0.1, -0.05) is 56.2 Å². The van der Waals surface area contributed by atoms with E-state index in [0.29, 0.717) is 24.7 Å². The summed E-state index contributed by atoms with van der Waals surface area (Å²) in [7, 11) is 0. The van der Waals surface area contributed by atoms with E-state index in [1.54, 1.807) is 5.57 Å². The third-order valence-electron chi connectivity index (χ3n) is 7.83. The fourth-order valence-electron chi connectivity index (χ4n) is 6.08. The van der Waals surface area contributed by atoms with Crippen molar-refractivity contribution >= 4 is 0 Å². The lowest BCUT2D eigenvalue weighted by Crippen LogP contribution is -2.32. The Morgan fingerprint density at radius 1 is 1.30 bits per heavy atom. The Hall–Kier alpha value is -1.16. The molecule has 0 aliphatic heterocycles. The summed E-state index contributed by atoms with van der Waals surface area (Å²) in [4.78, 5) is 0. The number of hydrogen-bond donors (Lipinski definition) is 3. The number of allylic oxidation sites excluding steroid dienone is 5. The second-order valence-corrected chi connectivity index (χ2v) is 10.9. The Balaban J connectivity index is 1.71. The second kappa shape index (κ2) is 9.14. The number of fused-ring (bicyclic) bond motifs is 1. The van der Waals surface area contributed by atoms with Gasteiger partial charge in [0.1, 0.15) is 0 Å². The van der Waals surface area contributed by atoms with Crippen LogP contribution in [-0.4, -0.2) is 33.1 Å². The lowest BCUT2D eigenvalue weighted by Gasteiger charge is -2.42. The van der Waals surface area contributed by atoms with Crippen LogP contribution in [0.2, 0.25) is 0 Å². The minimum atomic E-state index is -0.625. The summed E-state index contributed by atoms with van der Waals surface area (Å²) in [6, 6.07) is 0. The van der Waals surface area contributed by atoms with Crippen molar-refractivity contribution in [2.24, 2.45) is 17.3 Å². The zero-order chi connectivity index (χ0) is 22.1. The summed E-state index contributed by atoms with van der Waals surface area (Å²) in [5.41, 5.74) is 4.55. The highest BCUT2D eigenvalue weighted by atomic mass is 16.3. The largest absolute Gasteiger partial charge is 0.393 e. The standard InChI is InChI=1S/C27H42O3/c1-18(8-6-14-26(3,4)30)23-12-13-24-20(9-7-15-27(23,24)5)10-11-21-16-22(28)17-25(29)19(21)2/h10-12,18,22,24-25,28-30H,2,6-9,13-17H2,1,3-5H3/b20-10-,21-11-/t18-,22-,24+,25?,27-/m1/s1. The molecule has 3 rings (SSSR count). The fourth-order valence-corrected chi connectivity index (χ4v) is 6.08. The molecule has 2 fully saturated rings. The van der Waals surface area contributed by atoms with Crippen molar-refractivity contribution in [2.75, 3.05) is 0 Å². The van der Waals surface area contributed by atoms with Gasteiger partial charge in [-0.25, -0.2) is 0 Å². The van der Waals surface area contributed by atoms with Crippen LogP contribution in [-0.2, 0) is 0 Å². The molecule has 0 saturated heterocycles. The van der Waals surface area contributed by atoms with E-state index in [9.17, 15) is 15.3 Å². The summed E-state index contributed by atoms with van der Waals surface area (Å²) >= 11 is 0. The van der Waals surface area contributed by atoms with Crippen molar-refractivity contribution in [3.63, 3.8) is 0 Å². The first kappa shape index (κ1) is 23.5. The molecule has 168 valence electrons. The predicted molar refractivity (Wildman–Crippen MR) is 124 cm³/mol. The molecule has 0 aromatic carbocycles. The van der Waals surface area contributed by atoms with Gasteiger partial charge in [0.05, 0.1) is 17.8 Å². The van der Waals surface area contributed by atoms with E-state index in [0.717, 1.165) is 43.3 Å². The van der Waals surface area contributed by atoms with Gasteiger partial charge in [-0.3, -0.25) is 0 Å². The van der Waals surface area contributed by atoms with Gasteiger partial charge in [-0.2, -0.15) is 0 Å². The third kappa shape index (κ3) is 5.18. The molecule has 3 nitrogen and oxygen atoms in total. The van der Waals surface area contributed by atoms with Crippen molar-refractivity contribution in [1.82, 2.24) is 0 Å². The van der Waals surface area contributed by atoms with Gasteiger partial charge < -0.3 is 15.3 Å². The average Bonchev–Trinajstić information content (AvgIpc) is 3.00. The van der Waals surface area contributed by atoms with Crippen molar-refractivity contribution in [3.8, 4) is 0 Å². The van der Waals surface area contributed by atoms with E-state index in [1.165, 1.54) is 18.4 Å². The number of aliphatic hydroxyl groups is 3. The summed E-state index contributed by atoms with van der Waals surface area (Å²) in [5, 5.41) is 30.2. The Labute approximate surface area is 183 Å². The molecule has 0 amide bonds. The van der Waals surface area contributed by atoms with Gasteiger partial charge in [0, 0.05) is 6.42 Å². The average molecular weight is 415 g/mol. The smallest absolute Gasteiger partial charge is 0.0811 e. The van der Waals surface area contributed by atoms with Gasteiger partial charge >= 0.3 is 0 Å². The maximum Gasteiger partial charge on any atom is 0.0811 e. The summed E-state index contributed by atoms with van der Waals surface area (Å²) in [6.07, 6.45) is 14.5. The fraction of sp³-hybridized carbons (Fsp3) is 0.704. The molecule has 0 aromatic heterocycles. The summed E-state index contributed by atoms with van der Waals surface area (Å²) < 4.78 is 0. The number of rotatable bonds is 6. The van der Waals surface area contributed by atoms with Gasteiger partial charge in [-0.15, -0.1) is 0 Å². The van der Waals surface area contributed by atoms with Gasteiger partial charge in [0.15, 0.2) is 0 Å². The maximum absolute atomic E-state index is 10.1. The van der Waals surface area contributed by atoms with Crippen LogP contribution in [0.5, 0.6) is 0 Å². The molecular formula is C27H42O3. The molecule has 2 saturated carbocycles. The Morgan fingerprint density at radius 2 is 2.03 bits per heavy atom. The van der Waals surface area contributed by atoms with Crippen LogP contribution < -0.4 is 0 Å². The third-order valence-corrected chi connectivity index (χ3v) is 7.83. The highest BCUT2D eigenvalue weighted by Crippen LogP contribution is 2.57. The normalized spacial score (nSPS) is 36.2. The highest BCUT2D eigenvalue weighted by Gasteiger charge is 2.45. The molecule has 1 unspecified atom stereocenters. The van der Waals surface area contributed by atoms with E-state index < -0.39 is 17.8 Å². The highest BCUT2D eigenvalue weighted by molar-refractivity contribution is 5.40. The maximum atomic E-state index is 10.1. The zero-order valence-electron chi connectivity index (χ0n) is 19.5. The molecule has 0 aromatic rings. The van der Waals surface area contributed by atoms with Gasteiger partial charge in [0.25, 0.3) is 0 Å². The summed E-state index contributed by atoms with van der Waals surface area (Å²) in [6.45, 7) is 12.7. The van der Waals surface area contributed by atoms with Crippen LogP contribution in [0, 0.1) is 17.3 Å². The molecule has 0 bridgehead atoms. The number of hydrogen-bond acceptors (Lipinski definition) is 3. The van der Waals surface area contributed by atoms with E-state index in [-0.39, 0.29) is 5.41 Å². The molecule has 3 aliphatic rings. The van der Waals surface area contributed by atoms with Gasteiger partial charge in [0.2, 0.25) is 0 Å². The first-order valence-electron chi connectivity index (χ1n) is 11.9. The van der Waals surface area contributed by atoms with Crippen molar-refractivity contribution in [1.29, 1.82) is 0 Å². The first-order valence-corrected chi connectivity index (χ1v) is 11.9. The lowest BCUT2D eigenvalue weighted by atomic mass is 9.62. The van der Waals surface area contributed by atoms with Crippen LogP contribution in [0.3, 0.4) is 0 Å².